The molecule has 22 heavy (non-hydrogen) atoms. The van der Waals surface area contributed by atoms with Gasteiger partial charge < -0.3 is 9.47 Å². The summed E-state index contributed by atoms with van der Waals surface area (Å²) in [5.41, 5.74) is 1.22. The molecule has 0 aliphatic heterocycles. The summed E-state index contributed by atoms with van der Waals surface area (Å²) in [5.74, 6) is 1.44. The van der Waals surface area contributed by atoms with Crippen molar-refractivity contribution in [2.24, 2.45) is 0 Å². The van der Waals surface area contributed by atoms with Crippen LogP contribution in [0.2, 0.25) is 0 Å². The predicted octanol–water partition coefficient (Wildman–Crippen LogP) is 3.44. The monoisotopic (exact) mass is 290 g/mol. The average molecular weight is 290 g/mol. The number of rotatable bonds is 6. The van der Waals surface area contributed by atoms with Crippen LogP contribution in [0.5, 0.6) is 11.5 Å². The molecule has 0 aromatic heterocycles. The quantitative estimate of drug-likeness (QED) is 0.764. The van der Waals surface area contributed by atoms with Gasteiger partial charge in [0.1, 0.15) is 24.7 Å². The van der Waals surface area contributed by atoms with Gasteiger partial charge >= 0.3 is 0 Å². The minimum Gasteiger partial charge on any atom is -0.490 e. The van der Waals surface area contributed by atoms with Gasteiger partial charge in [-0.25, -0.2) is 0 Å². The van der Waals surface area contributed by atoms with E-state index in [1.165, 1.54) is 0 Å². The molecule has 0 radical (unpaired) electrons. The zero-order valence-electron chi connectivity index (χ0n) is 11.9. The summed E-state index contributed by atoms with van der Waals surface area (Å²) in [4.78, 5) is 0. The van der Waals surface area contributed by atoms with Gasteiger partial charge in [0.25, 0.3) is 0 Å². The second kappa shape index (κ2) is 8.14. The fourth-order valence-electron chi connectivity index (χ4n) is 1.68. The molecule has 0 saturated carbocycles. The molecule has 0 aliphatic carbocycles. The first-order chi connectivity index (χ1) is 10.8. The second-order valence-electron chi connectivity index (χ2n) is 4.37. The van der Waals surface area contributed by atoms with Gasteiger partial charge in [-0.15, -0.1) is 0 Å². The van der Waals surface area contributed by atoms with Gasteiger partial charge in [-0.05, 0) is 60.7 Å². The molecule has 0 unspecified atom stereocenters. The maximum atomic E-state index is 8.69. The average Bonchev–Trinajstić information content (AvgIpc) is 2.59. The Kier molecular flexibility index (Phi) is 5.61. The van der Waals surface area contributed by atoms with Gasteiger partial charge in [0.15, 0.2) is 0 Å². The van der Waals surface area contributed by atoms with Crippen molar-refractivity contribution in [2.45, 2.75) is 0 Å². The van der Waals surface area contributed by atoms with Crippen molar-refractivity contribution >= 4 is 0 Å². The molecule has 0 bridgehead atoms. The van der Waals surface area contributed by atoms with Crippen LogP contribution in [0.15, 0.2) is 60.7 Å². The van der Waals surface area contributed by atoms with Gasteiger partial charge in [-0.1, -0.05) is 0 Å². The number of hydrogen-bond acceptors (Lipinski definition) is 4. The highest BCUT2D eigenvalue weighted by Gasteiger charge is 1.94. The summed E-state index contributed by atoms with van der Waals surface area (Å²) >= 11 is 0. The van der Waals surface area contributed by atoms with Crippen LogP contribution in [0.1, 0.15) is 11.1 Å². The maximum Gasteiger partial charge on any atom is 0.119 e. The van der Waals surface area contributed by atoms with Crippen molar-refractivity contribution in [3.05, 3.63) is 71.8 Å². The van der Waals surface area contributed by atoms with Crippen molar-refractivity contribution in [1.29, 1.82) is 10.5 Å². The number of hydrogen-bond donors (Lipinski definition) is 0. The van der Waals surface area contributed by atoms with Crippen molar-refractivity contribution < 1.29 is 9.47 Å². The van der Waals surface area contributed by atoms with E-state index in [0.29, 0.717) is 24.3 Å². The minimum absolute atomic E-state index is 0.433. The molecular formula is C18H14N2O2. The van der Waals surface area contributed by atoms with Crippen LogP contribution in [0, 0.1) is 22.7 Å². The van der Waals surface area contributed by atoms with E-state index in [4.69, 9.17) is 20.0 Å². The third kappa shape index (κ3) is 4.70. The SMILES string of the molecule is N#Cc1ccc(OC/C=C\COc2ccc(C#N)cc2)cc1. The molecule has 0 atom stereocenters. The molecular weight excluding hydrogens is 276 g/mol. The Morgan fingerprint density at radius 2 is 1.05 bits per heavy atom. The maximum absolute atomic E-state index is 8.69. The van der Waals surface area contributed by atoms with Crippen LogP contribution in [0.25, 0.3) is 0 Å². The standard InChI is InChI=1S/C18H14N2O2/c19-13-15-3-7-17(8-4-15)21-11-1-2-12-22-18-9-5-16(14-20)6-10-18/h1-10H,11-12H2/b2-1-. The van der Waals surface area contributed by atoms with E-state index in [0.717, 1.165) is 11.5 Å². The van der Waals surface area contributed by atoms with E-state index in [1.54, 1.807) is 48.5 Å². The summed E-state index contributed by atoms with van der Waals surface area (Å²) in [6.45, 7) is 0.866. The lowest BCUT2D eigenvalue weighted by Gasteiger charge is -2.04. The van der Waals surface area contributed by atoms with Crippen LogP contribution < -0.4 is 9.47 Å². The topological polar surface area (TPSA) is 66.0 Å². The van der Waals surface area contributed by atoms with Crippen molar-refractivity contribution in [3.8, 4) is 23.6 Å². The third-order valence-electron chi connectivity index (χ3n) is 2.83. The molecule has 0 heterocycles. The molecule has 0 aliphatic rings. The fraction of sp³-hybridized carbons (Fsp3) is 0.111. The van der Waals surface area contributed by atoms with E-state index >= 15 is 0 Å². The van der Waals surface area contributed by atoms with Crippen molar-refractivity contribution in [1.82, 2.24) is 0 Å². The number of nitriles is 2. The first-order valence-corrected chi connectivity index (χ1v) is 6.73. The van der Waals surface area contributed by atoms with Crippen LogP contribution in [-0.2, 0) is 0 Å². The molecule has 4 heteroatoms. The molecule has 2 rings (SSSR count). The highest BCUT2D eigenvalue weighted by molar-refractivity contribution is 5.35. The molecule has 2 aromatic rings. The van der Waals surface area contributed by atoms with Crippen molar-refractivity contribution in [2.75, 3.05) is 13.2 Å². The Labute approximate surface area is 129 Å². The van der Waals surface area contributed by atoms with Gasteiger partial charge in [0.2, 0.25) is 0 Å². The molecule has 0 spiro atoms. The highest BCUT2D eigenvalue weighted by Crippen LogP contribution is 2.12. The summed E-state index contributed by atoms with van der Waals surface area (Å²) in [5, 5.41) is 17.4. The van der Waals surface area contributed by atoms with E-state index in [1.807, 2.05) is 12.2 Å². The zero-order valence-corrected chi connectivity index (χ0v) is 11.9. The minimum atomic E-state index is 0.433. The molecule has 4 nitrogen and oxygen atoms in total. The van der Waals surface area contributed by atoms with E-state index in [-0.39, 0.29) is 0 Å². The first-order valence-electron chi connectivity index (χ1n) is 6.73. The number of ether oxygens (including phenoxy) is 2. The Bertz CT molecular complexity index is 641. The van der Waals surface area contributed by atoms with E-state index in [2.05, 4.69) is 12.1 Å². The Balaban J connectivity index is 1.69. The highest BCUT2D eigenvalue weighted by atomic mass is 16.5. The zero-order chi connectivity index (χ0) is 15.6. The molecule has 0 fully saturated rings. The van der Waals surface area contributed by atoms with Gasteiger partial charge in [0, 0.05) is 0 Å². The number of benzene rings is 2. The fourth-order valence-corrected chi connectivity index (χ4v) is 1.68. The van der Waals surface area contributed by atoms with E-state index in [9.17, 15) is 0 Å². The van der Waals surface area contributed by atoms with Gasteiger partial charge in [0.05, 0.1) is 23.3 Å². The summed E-state index contributed by atoms with van der Waals surface area (Å²) in [6, 6.07) is 18.0. The largest absolute Gasteiger partial charge is 0.490 e. The van der Waals surface area contributed by atoms with Crippen LogP contribution in [-0.4, -0.2) is 13.2 Å². The number of nitrogens with zero attached hydrogens (tertiary/aromatic N) is 2. The Morgan fingerprint density at radius 3 is 1.36 bits per heavy atom. The first kappa shape index (κ1) is 15.2. The lowest BCUT2D eigenvalue weighted by atomic mass is 10.2. The van der Waals surface area contributed by atoms with Crippen LogP contribution in [0.4, 0.5) is 0 Å². The van der Waals surface area contributed by atoms with Crippen LogP contribution in [0.3, 0.4) is 0 Å². The van der Waals surface area contributed by atoms with Crippen molar-refractivity contribution in [3.63, 3.8) is 0 Å². The Morgan fingerprint density at radius 1 is 0.682 bits per heavy atom. The van der Waals surface area contributed by atoms with E-state index < -0.39 is 0 Å². The second-order valence-corrected chi connectivity index (χ2v) is 4.37. The lowest BCUT2D eigenvalue weighted by Crippen LogP contribution is -1.96. The molecule has 0 amide bonds. The lowest BCUT2D eigenvalue weighted by molar-refractivity contribution is 0.350. The smallest absolute Gasteiger partial charge is 0.119 e. The normalized spacial score (nSPS) is 9.91. The Hall–Kier alpha value is -3.24. The molecule has 0 N–H and O–H groups in total. The molecule has 108 valence electrons. The summed E-state index contributed by atoms with van der Waals surface area (Å²) in [7, 11) is 0. The molecule has 2 aromatic carbocycles. The predicted molar refractivity (Wildman–Crippen MR) is 82.4 cm³/mol. The summed E-state index contributed by atoms with van der Waals surface area (Å²) in [6.07, 6.45) is 3.73. The molecule has 0 saturated heterocycles. The van der Waals surface area contributed by atoms with Gasteiger partial charge in [-0.3, -0.25) is 0 Å². The third-order valence-corrected chi connectivity index (χ3v) is 2.83. The van der Waals surface area contributed by atoms with Gasteiger partial charge in [-0.2, -0.15) is 10.5 Å². The summed E-state index contributed by atoms with van der Waals surface area (Å²) < 4.78 is 11.0. The van der Waals surface area contributed by atoms with Crippen LogP contribution >= 0.6 is 0 Å².